The predicted molar refractivity (Wildman–Crippen MR) is 138 cm³/mol. The summed E-state index contributed by atoms with van der Waals surface area (Å²) in [5, 5.41) is 12.1. The molecule has 1 aliphatic carbocycles. The highest BCUT2D eigenvalue weighted by molar-refractivity contribution is 6.01. The van der Waals surface area contributed by atoms with Gasteiger partial charge in [-0.1, -0.05) is 18.2 Å². The second-order valence-corrected chi connectivity index (χ2v) is 9.55. The number of nitriles is 1. The normalized spacial score (nSPS) is 17.8. The number of hydrogen-bond acceptors (Lipinski definition) is 7. The SMILES string of the molecule is COCCC(=O)N1CCN(c2nc(C3CC3)c(-c3cccc4cncc(OC)c34)cc2C#N)CC1C. The van der Waals surface area contributed by atoms with Crippen LogP contribution in [0.15, 0.2) is 36.7 Å². The Kier molecular flexibility index (Phi) is 6.75. The van der Waals surface area contributed by atoms with Gasteiger partial charge in [-0.25, -0.2) is 4.98 Å². The summed E-state index contributed by atoms with van der Waals surface area (Å²) in [5.41, 5.74) is 3.56. The van der Waals surface area contributed by atoms with Crippen LogP contribution >= 0.6 is 0 Å². The number of hydrogen-bond donors (Lipinski definition) is 0. The Labute approximate surface area is 211 Å². The lowest BCUT2D eigenvalue weighted by molar-refractivity contribution is -0.134. The van der Waals surface area contributed by atoms with Crippen LogP contribution in [-0.2, 0) is 9.53 Å². The highest BCUT2D eigenvalue weighted by atomic mass is 16.5. The van der Waals surface area contributed by atoms with Gasteiger partial charge in [-0.15, -0.1) is 0 Å². The molecule has 0 bridgehead atoms. The van der Waals surface area contributed by atoms with E-state index in [1.54, 1.807) is 20.4 Å². The van der Waals surface area contributed by atoms with Gasteiger partial charge in [0.1, 0.15) is 17.6 Å². The number of fused-ring (bicyclic) bond motifs is 1. The minimum Gasteiger partial charge on any atom is -0.494 e. The van der Waals surface area contributed by atoms with Crippen LogP contribution in [0.5, 0.6) is 5.75 Å². The van der Waals surface area contributed by atoms with Crippen molar-refractivity contribution in [2.75, 3.05) is 45.4 Å². The molecule has 1 saturated heterocycles. The zero-order valence-electron chi connectivity index (χ0n) is 21.0. The van der Waals surface area contributed by atoms with Gasteiger partial charge < -0.3 is 19.3 Å². The fraction of sp³-hybridized carbons (Fsp3) is 0.429. The Morgan fingerprint density at radius 3 is 2.72 bits per heavy atom. The highest BCUT2D eigenvalue weighted by Gasteiger charge is 2.33. The minimum absolute atomic E-state index is 0.0235. The third-order valence-corrected chi connectivity index (χ3v) is 7.14. The van der Waals surface area contributed by atoms with Crippen molar-refractivity contribution in [3.05, 3.63) is 47.9 Å². The van der Waals surface area contributed by atoms with E-state index in [0.717, 1.165) is 40.4 Å². The van der Waals surface area contributed by atoms with Crippen molar-refractivity contribution in [3.63, 3.8) is 0 Å². The zero-order chi connectivity index (χ0) is 25.2. The molecule has 36 heavy (non-hydrogen) atoms. The fourth-order valence-corrected chi connectivity index (χ4v) is 5.16. The smallest absolute Gasteiger partial charge is 0.225 e. The summed E-state index contributed by atoms with van der Waals surface area (Å²) in [5.74, 6) is 1.90. The first-order valence-corrected chi connectivity index (χ1v) is 12.4. The topological polar surface area (TPSA) is 91.6 Å². The summed E-state index contributed by atoms with van der Waals surface area (Å²) in [6.45, 7) is 4.35. The monoisotopic (exact) mass is 485 g/mol. The van der Waals surface area contributed by atoms with E-state index in [1.807, 2.05) is 29.3 Å². The van der Waals surface area contributed by atoms with E-state index < -0.39 is 0 Å². The number of piperazine rings is 1. The van der Waals surface area contributed by atoms with Crippen LogP contribution in [0.2, 0.25) is 0 Å². The Morgan fingerprint density at radius 2 is 2.03 bits per heavy atom. The average molecular weight is 486 g/mol. The van der Waals surface area contributed by atoms with Crippen molar-refractivity contribution in [1.29, 1.82) is 5.26 Å². The Balaban J connectivity index is 1.54. The average Bonchev–Trinajstić information content (AvgIpc) is 3.75. The van der Waals surface area contributed by atoms with Gasteiger partial charge in [0, 0.05) is 61.2 Å². The minimum atomic E-state index is 0.0235. The number of benzene rings is 1. The van der Waals surface area contributed by atoms with E-state index in [9.17, 15) is 10.1 Å². The number of pyridine rings is 2. The molecule has 0 N–H and O–H groups in total. The molecule has 3 heterocycles. The van der Waals surface area contributed by atoms with Crippen LogP contribution < -0.4 is 9.64 Å². The summed E-state index contributed by atoms with van der Waals surface area (Å²) in [7, 11) is 3.26. The van der Waals surface area contributed by atoms with Crippen molar-refractivity contribution in [1.82, 2.24) is 14.9 Å². The Hall–Kier alpha value is -3.70. The molecule has 2 aromatic heterocycles. The molecular formula is C28H31N5O3. The van der Waals surface area contributed by atoms with Gasteiger partial charge in [-0.2, -0.15) is 5.26 Å². The fourth-order valence-electron chi connectivity index (χ4n) is 5.16. The molecule has 186 valence electrons. The van der Waals surface area contributed by atoms with Crippen molar-refractivity contribution in [2.24, 2.45) is 0 Å². The third-order valence-electron chi connectivity index (χ3n) is 7.14. The molecule has 1 aromatic carbocycles. The molecular weight excluding hydrogens is 454 g/mol. The first-order valence-electron chi connectivity index (χ1n) is 12.4. The number of amides is 1. The second kappa shape index (κ2) is 10.1. The highest BCUT2D eigenvalue weighted by Crippen LogP contribution is 2.47. The lowest BCUT2D eigenvalue weighted by Gasteiger charge is -2.41. The maximum absolute atomic E-state index is 12.6. The lowest BCUT2D eigenvalue weighted by Crippen LogP contribution is -2.54. The van der Waals surface area contributed by atoms with E-state index in [2.05, 4.69) is 28.9 Å². The van der Waals surface area contributed by atoms with Crippen LogP contribution in [0, 0.1) is 11.3 Å². The molecule has 1 atom stereocenters. The van der Waals surface area contributed by atoms with Crippen LogP contribution in [0.3, 0.4) is 0 Å². The van der Waals surface area contributed by atoms with E-state index in [1.165, 1.54) is 0 Å². The van der Waals surface area contributed by atoms with Crippen molar-refractivity contribution in [2.45, 2.75) is 38.1 Å². The molecule has 1 unspecified atom stereocenters. The molecule has 0 radical (unpaired) electrons. The number of nitrogens with zero attached hydrogens (tertiary/aromatic N) is 5. The summed E-state index contributed by atoms with van der Waals surface area (Å²) in [6.07, 6.45) is 6.12. The maximum atomic E-state index is 12.6. The molecule has 1 aliphatic heterocycles. The van der Waals surface area contributed by atoms with Gasteiger partial charge in [0.2, 0.25) is 5.91 Å². The van der Waals surface area contributed by atoms with Gasteiger partial charge in [-0.05, 0) is 31.4 Å². The van der Waals surface area contributed by atoms with Crippen molar-refractivity contribution >= 4 is 22.5 Å². The summed E-state index contributed by atoms with van der Waals surface area (Å²) < 4.78 is 10.7. The van der Waals surface area contributed by atoms with Crippen LogP contribution in [0.25, 0.3) is 21.9 Å². The zero-order valence-corrected chi connectivity index (χ0v) is 21.0. The number of aromatic nitrogens is 2. The number of carbonyl (C=O) groups excluding carboxylic acids is 1. The van der Waals surface area contributed by atoms with E-state index in [4.69, 9.17) is 14.5 Å². The molecule has 3 aromatic rings. The lowest BCUT2D eigenvalue weighted by atomic mass is 9.94. The van der Waals surface area contributed by atoms with Crippen LogP contribution in [0.4, 0.5) is 5.82 Å². The maximum Gasteiger partial charge on any atom is 0.225 e. The van der Waals surface area contributed by atoms with Crippen LogP contribution in [-0.4, -0.2) is 67.3 Å². The van der Waals surface area contributed by atoms with Crippen molar-refractivity contribution < 1.29 is 14.3 Å². The second-order valence-electron chi connectivity index (χ2n) is 9.55. The number of anilines is 1. The quantitative estimate of drug-likeness (QED) is 0.497. The summed E-state index contributed by atoms with van der Waals surface area (Å²) in [6, 6.07) is 10.5. The number of carbonyl (C=O) groups is 1. The van der Waals surface area contributed by atoms with Gasteiger partial charge in [0.15, 0.2) is 0 Å². The van der Waals surface area contributed by atoms with E-state index in [0.29, 0.717) is 55.7 Å². The van der Waals surface area contributed by atoms with Gasteiger partial charge in [0.25, 0.3) is 0 Å². The Bertz CT molecular complexity index is 1330. The number of methoxy groups -OCH3 is 2. The molecule has 2 fully saturated rings. The number of ether oxygens (including phenoxy) is 2. The third kappa shape index (κ3) is 4.47. The van der Waals surface area contributed by atoms with E-state index >= 15 is 0 Å². The molecule has 8 heteroatoms. The van der Waals surface area contributed by atoms with Crippen LogP contribution in [0.1, 0.15) is 43.4 Å². The molecule has 5 rings (SSSR count). The van der Waals surface area contributed by atoms with E-state index in [-0.39, 0.29) is 11.9 Å². The van der Waals surface area contributed by atoms with Gasteiger partial charge >= 0.3 is 0 Å². The van der Waals surface area contributed by atoms with Gasteiger partial charge in [-0.3, -0.25) is 9.78 Å². The first kappa shape index (κ1) is 24.0. The van der Waals surface area contributed by atoms with Gasteiger partial charge in [0.05, 0.1) is 37.6 Å². The predicted octanol–water partition coefficient (Wildman–Crippen LogP) is 4.13. The molecule has 8 nitrogen and oxygen atoms in total. The largest absolute Gasteiger partial charge is 0.494 e. The van der Waals surface area contributed by atoms with Crippen molar-refractivity contribution in [3.8, 4) is 22.9 Å². The summed E-state index contributed by atoms with van der Waals surface area (Å²) >= 11 is 0. The standard InChI is InChI=1S/C28H31N5O3/c1-18-17-32(10-11-33(18)25(34)9-12-35-2)28-21(14-29)13-23(27(31-28)19-7-8-19)22-6-4-5-20-15-30-16-24(36-3)26(20)22/h4-6,13,15-16,18-19H,7-12,17H2,1-3H3. The number of rotatable bonds is 7. The summed E-state index contributed by atoms with van der Waals surface area (Å²) in [4.78, 5) is 26.1. The Morgan fingerprint density at radius 1 is 1.19 bits per heavy atom. The molecule has 0 spiro atoms. The molecule has 1 amide bonds. The first-order chi connectivity index (χ1) is 17.5. The molecule has 1 saturated carbocycles. The molecule has 2 aliphatic rings.